The van der Waals surface area contributed by atoms with Gasteiger partial charge in [0.1, 0.15) is 6.04 Å². The number of sulfonamides is 1. The molecule has 1 saturated heterocycles. The van der Waals surface area contributed by atoms with E-state index in [0.29, 0.717) is 19.5 Å². The van der Waals surface area contributed by atoms with E-state index < -0.39 is 16.1 Å². The molecule has 0 aliphatic carbocycles. The van der Waals surface area contributed by atoms with Crippen LogP contribution in [0.1, 0.15) is 24.8 Å². The molecule has 1 aliphatic heterocycles. The Morgan fingerprint density at radius 1 is 1.31 bits per heavy atom. The molecule has 1 atom stereocenters. The van der Waals surface area contributed by atoms with Gasteiger partial charge in [-0.3, -0.25) is 4.79 Å². The Bertz CT molecular complexity index is 868. The number of rotatable bonds is 5. The fourth-order valence-corrected chi connectivity index (χ4v) is 6.07. The number of piperidine rings is 1. The number of carbonyl (C=O) groups is 1. The molecular weight excluding hydrogens is 436 g/mol. The van der Waals surface area contributed by atoms with Gasteiger partial charge in [-0.05, 0) is 57.9 Å². The lowest BCUT2D eigenvalue weighted by molar-refractivity contribution is -0.135. The lowest BCUT2D eigenvalue weighted by Crippen LogP contribution is -2.51. The highest BCUT2D eigenvalue weighted by atomic mass is 79.9. The number of nitrogens with zero attached hydrogens (tertiary/aromatic N) is 2. The van der Waals surface area contributed by atoms with Crippen molar-refractivity contribution in [1.29, 1.82) is 0 Å². The Kier molecular flexibility index (Phi) is 6.17. The fraction of sp³-hybridized carbons (Fsp3) is 0.389. The van der Waals surface area contributed by atoms with Crippen LogP contribution < -0.4 is 0 Å². The lowest BCUT2D eigenvalue weighted by Gasteiger charge is -2.35. The highest BCUT2D eigenvalue weighted by Crippen LogP contribution is 2.27. The van der Waals surface area contributed by atoms with Gasteiger partial charge in [0.05, 0.1) is 8.68 Å². The van der Waals surface area contributed by atoms with Gasteiger partial charge in [0.2, 0.25) is 15.9 Å². The Morgan fingerprint density at radius 3 is 2.69 bits per heavy atom. The fourth-order valence-electron chi connectivity index (χ4n) is 3.20. The SMILES string of the molecule is CN(Cc1csc(Br)c1)C(=O)C1CCCCN1S(=O)(=O)c1ccccc1. The average Bonchev–Trinajstić information content (AvgIpc) is 3.06. The van der Waals surface area contributed by atoms with Crippen molar-refractivity contribution >= 4 is 43.2 Å². The van der Waals surface area contributed by atoms with Gasteiger partial charge in [-0.1, -0.05) is 24.6 Å². The predicted molar refractivity (Wildman–Crippen MR) is 106 cm³/mol. The van der Waals surface area contributed by atoms with Crippen molar-refractivity contribution in [1.82, 2.24) is 9.21 Å². The van der Waals surface area contributed by atoms with Crippen molar-refractivity contribution in [3.63, 3.8) is 0 Å². The van der Waals surface area contributed by atoms with E-state index in [1.54, 1.807) is 53.6 Å². The lowest BCUT2D eigenvalue weighted by atomic mass is 10.0. The first-order valence-corrected chi connectivity index (χ1v) is 11.6. The van der Waals surface area contributed by atoms with E-state index in [0.717, 1.165) is 22.2 Å². The van der Waals surface area contributed by atoms with E-state index in [1.807, 2.05) is 11.4 Å². The normalized spacial score (nSPS) is 18.6. The van der Waals surface area contributed by atoms with Crippen LogP contribution in [-0.4, -0.2) is 43.2 Å². The van der Waals surface area contributed by atoms with Gasteiger partial charge in [0.15, 0.2) is 0 Å². The first kappa shape index (κ1) is 19.5. The second-order valence-electron chi connectivity index (χ2n) is 6.39. The molecule has 1 aromatic heterocycles. The maximum absolute atomic E-state index is 13.0. The minimum absolute atomic E-state index is 0.147. The molecule has 1 amide bonds. The molecule has 2 aromatic rings. The molecule has 3 rings (SSSR count). The molecule has 8 heteroatoms. The summed E-state index contributed by atoms with van der Waals surface area (Å²) >= 11 is 4.99. The quantitative estimate of drug-likeness (QED) is 0.688. The first-order chi connectivity index (χ1) is 12.4. The third-order valence-corrected chi connectivity index (χ3v) is 7.98. The van der Waals surface area contributed by atoms with E-state index in [-0.39, 0.29) is 10.8 Å². The number of hydrogen-bond acceptors (Lipinski definition) is 4. The molecule has 2 heterocycles. The van der Waals surface area contributed by atoms with E-state index >= 15 is 0 Å². The number of carbonyl (C=O) groups excluding carboxylic acids is 1. The number of amides is 1. The van der Waals surface area contributed by atoms with Crippen molar-refractivity contribution < 1.29 is 13.2 Å². The van der Waals surface area contributed by atoms with E-state index in [9.17, 15) is 13.2 Å². The summed E-state index contributed by atoms with van der Waals surface area (Å²) in [6.45, 7) is 0.849. The molecule has 0 N–H and O–H groups in total. The second-order valence-corrected chi connectivity index (χ2v) is 10.6. The van der Waals surface area contributed by atoms with Gasteiger partial charge in [0, 0.05) is 20.1 Å². The Balaban J connectivity index is 1.81. The average molecular weight is 457 g/mol. The minimum Gasteiger partial charge on any atom is -0.340 e. The summed E-state index contributed by atoms with van der Waals surface area (Å²) in [6, 6.07) is 9.69. The van der Waals surface area contributed by atoms with Crippen LogP contribution in [0.4, 0.5) is 0 Å². The summed E-state index contributed by atoms with van der Waals surface area (Å²) in [5.74, 6) is -0.147. The Hall–Kier alpha value is -1.22. The van der Waals surface area contributed by atoms with Crippen molar-refractivity contribution in [2.24, 2.45) is 0 Å². The van der Waals surface area contributed by atoms with Gasteiger partial charge in [0.25, 0.3) is 0 Å². The van der Waals surface area contributed by atoms with Gasteiger partial charge in [-0.2, -0.15) is 4.31 Å². The zero-order valence-electron chi connectivity index (χ0n) is 14.5. The number of benzene rings is 1. The summed E-state index contributed by atoms with van der Waals surface area (Å²) in [5, 5.41) is 1.99. The molecule has 0 saturated carbocycles. The summed E-state index contributed by atoms with van der Waals surface area (Å²) in [7, 11) is -1.95. The van der Waals surface area contributed by atoms with Crippen LogP contribution >= 0.6 is 27.3 Å². The van der Waals surface area contributed by atoms with Crippen LogP contribution in [0.5, 0.6) is 0 Å². The highest BCUT2D eigenvalue weighted by molar-refractivity contribution is 9.11. The van der Waals surface area contributed by atoms with Gasteiger partial charge in [-0.25, -0.2) is 8.42 Å². The highest BCUT2D eigenvalue weighted by Gasteiger charge is 2.38. The van der Waals surface area contributed by atoms with Crippen LogP contribution in [0, 0.1) is 0 Å². The Labute approximate surface area is 166 Å². The van der Waals surface area contributed by atoms with Crippen LogP contribution in [0.15, 0.2) is 50.5 Å². The number of hydrogen-bond donors (Lipinski definition) is 0. The van der Waals surface area contributed by atoms with Crippen molar-refractivity contribution in [3.8, 4) is 0 Å². The smallest absolute Gasteiger partial charge is 0.243 e. The molecule has 0 radical (unpaired) electrons. The van der Waals surface area contributed by atoms with E-state index in [4.69, 9.17) is 0 Å². The number of likely N-dealkylation sites (N-methyl/N-ethyl adjacent to an activating group) is 1. The second kappa shape index (κ2) is 8.21. The third-order valence-electron chi connectivity index (χ3n) is 4.51. The van der Waals surface area contributed by atoms with Crippen molar-refractivity contribution in [2.45, 2.75) is 36.7 Å². The molecule has 1 aliphatic rings. The number of halogens is 1. The topological polar surface area (TPSA) is 57.7 Å². The molecule has 1 unspecified atom stereocenters. The molecule has 140 valence electrons. The zero-order chi connectivity index (χ0) is 18.7. The van der Waals surface area contributed by atoms with Gasteiger partial charge in [-0.15, -0.1) is 11.3 Å². The molecule has 1 fully saturated rings. The minimum atomic E-state index is -3.68. The van der Waals surface area contributed by atoms with E-state index in [2.05, 4.69) is 15.9 Å². The van der Waals surface area contributed by atoms with Crippen LogP contribution in [-0.2, 0) is 21.4 Å². The molecule has 5 nitrogen and oxygen atoms in total. The molecule has 26 heavy (non-hydrogen) atoms. The van der Waals surface area contributed by atoms with Crippen LogP contribution in [0.25, 0.3) is 0 Å². The predicted octanol–water partition coefficient (Wildman–Crippen LogP) is 3.71. The summed E-state index contributed by atoms with van der Waals surface area (Å²) in [4.78, 5) is 14.9. The van der Waals surface area contributed by atoms with Crippen molar-refractivity contribution in [2.75, 3.05) is 13.6 Å². The molecule has 0 spiro atoms. The maximum Gasteiger partial charge on any atom is 0.243 e. The Morgan fingerprint density at radius 2 is 2.04 bits per heavy atom. The van der Waals surface area contributed by atoms with Gasteiger partial charge < -0.3 is 4.90 Å². The first-order valence-electron chi connectivity index (χ1n) is 8.44. The number of thiophene rings is 1. The molecular formula is C18H21BrN2O3S2. The summed E-state index contributed by atoms with van der Waals surface area (Å²) in [6.07, 6.45) is 2.19. The zero-order valence-corrected chi connectivity index (χ0v) is 17.7. The summed E-state index contributed by atoms with van der Waals surface area (Å²) in [5.41, 5.74) is 1.03. The summed E-state index contributed by atoms with van der Waals surface area (Å²) < 4.78 is 28.5. The monoisotopic (exact) mass is 456 g/mol. The largest absolute Gasteiger partial charge is 0.340 e. The van der Waals surface area contributed by atoms with Gasteiger partial charge >= 0.3 is 0 Å². The van der Waals surface area contributed by atoms with Crippen LogP contribution in [0.2, 0.25) is 0 Å². The molecule has 0 bridgehead atoms. The maximum atomic E-state index is 13.0. The van der Waals surface area contributed by atoms with Crippen LogP contribution in [0.3, 0.4) is 0 Å². The van der Waals surface area contributed by atoms with E-state index in [1.165, 1.54) is 4.31 Å². The third kappa shape index (κ3) is 4.19. The standard InChI is InChI=1S/C18H21BrN2O3S2/c1-20(12-14-11-17(19)25-13-14)18(22)16-9-5-6-10-21(16)26(23,24)15-7-3-2-4-8-15/h2-4,7-8,11,13,16H,5-6,9-10,12H2,1H3. The molecule has 1 aromatic carbocycles. The van der Waals surface area contributed by atoms with Crippen molar-refractivity contribution in [3.05, 3.63) is 51.1 Å².